The third kappa shape index (κ3) is 3.80. The Bertz CT molecular complexity index is 1050. The number of likely N-dealkylation sites (tertiary alicyclic amines) is 1. The Kier molecular flexibility index (Phi) is 5.45. The molecule has 1 aromatic heterocycles. The van der Waals surface area contributed by atoms with Crippen LogP contribution >= 0.6 is 0 Å². The van der Waals surface area contributed by atoms with Crippen LogP contribution in [-0.4, -0.2) is 41.5 Å². The molecule has 0 bridgehead atoms. The van der Waals surface area contributed by atoms with Crippen molar-refractivity contribution in [3.63, 3.8) is 0 Å². The second-order valence-electron chi connectivity index (χ2n) is 7.40. The summed E-state index contributed by atoms with van der Waals surface area (Å²) in [6.45, 7) is 2.01. The van der Waals surface area contributed by atoms with Crippen molar-refractivity contribution in [1.29, 1.82) is 0 Å². The molecule has 1 aliphatic heterocycles. The maximum atomic E-state index is 13.9. The van der Waals surface area contributed by atoms with Crippen molar-refractivity contribution in [2.24, 2.45) is 5.92 Å². The van der Waals surface area contributed by atoms with Crippen molar-refractivity contribution in [3.05, 3.63) is 71.7 Å². The van der Waals surface area contributed by atoms with E-state index in [0.717, 1.165) is 13.1 Å². The fourth-order valence-electron chi connectivity index (χ4n) is 4.04. The van der Waals surface area contributed by atoms with Gasteiger partial charge in [-0.3, -0.25) is 14.3 Å². The summed E-state index contributed by atoms with van der Waals surface area (Å²) in [7, 11) is 1.33. The van der Waals surface area contributed by atoms with E-state index >= 15 is 0 Å². The van der Waals surface area contributed by atoms with Gasteiger partial charge < -0.3 is 4.74 Å². The zero-order chi connectivity index (χ0) is 20.4. The predicted octanol–water partition coefficient (Wildman–Crippen LogP) is 4.12. The van der Waals surface area contributed by atoms with E-state index in [0.29, 0.717) is 41.4 Å². The Morgan fingerprint density at radius 1 is 1.07 bits per heavy atom. The highest BCUT2D eigenvalue weighted by atomic mass is 19.1. The molecule has 0 N–H and O–H groups in total. The first-order valence-electron chi connectivity index (χ1n) is 9.77. The summed E-state index contributed by atoms with van der Waals surface area (Å²) in [6, 6.07) is 14.2. The number of methoxy groups -OCH3 is 1. The van der Waals surface area contributed by atoms with Gasteiger partial charge in [-0.15, -0.1) is 0 Å². The van der Waals surface area contributed by atoms with Gasteiger partial charge in [0.25, 0.3) is 0 Å². The number of piperidine rings is 1. The highest BCUT2D eigenvalue weighted by molar-refractivity contribution is 6.07. The number of halogens is 1. The van der Waals surface area contributed by atoms with Crippen LogP contribution in [-0.2, 0) is 11.3 Å². The van der Waals surface area contributed by atoms with Gasteiger partial charge in [0.1, 0.15) is 5.82 Å². The molecule has 1 aliphatic rings. The summed E-state index contributed by atoms with van der Waals surface area (Å²) in [6.07, 6.45) is 2.99. The molecule has 5 nitrogen and oxygen atoms in total. The van der Waals surface area contributed by atoms with Gasteiger partial charge in [-0.25, -0.2) is 9.18 Å². The van der Waals surface area contributed by atoms with Gasteiger partial charge in [-0.05, 0) is 38.1 Å². The van der Waals surface area contributed by atoms with Gasteiger partial charge in [0.15, 0.2) is 0 Å². The van der Waals surface area contributed by atoms with Crippen molar-refractivity contribution in [3.8, 4) is 0 Å². The lowest BCUT2D eigenvalue weighted by Gasteiger charge is -2.31. The Morgan fingerprint density at radius 3 is 2.48 bits per heavy atom. The summed E-state index contributed by atoms with van der Waals surface area (Å²) < 4.78 is 20.3. The Hall–Kier alpha value is -2.99. The molecule has 2 heterocycles. The van der Waals surface area contributed by atoms with Crippen LogP contribution in [0.15, 0.2) is 54.7 Å². The molecular formula is C23H23FN2O3. The minimum atomic E-state index is -0.451. The standard InChI is InChI=1S/C23H23FN2O3/c1-29-23(28)19-15-26(21-9-5-3-7-18(19)21)22(27)16-10-12-25(13-11-16)14-17-6-2-4-8-20(17)24/h2-9,15-16H,10-14H2,1H3. The molecule has 0 unspecified atom stereocenters. The van der Waals surface area contributed by atoms with Crippen LogP contribution in [0.5, 0.6) is 0 Å². The fraction of sp³-hybridized carbons (Fsp3) is 0.304. The number of nitrogens with zero attached hydrogens (tertiary/aromatic N) is 2. The average Bonchev–Trinajstić information content (AvgIpc) is 3.14. The number of para-hydroxylation sites is 1. The molecule has 0 spiro atoms. The van der Waals surface area contributed by atoms with Crippen molar-refractivity contribution in [1.82, 2.24) is 9.47 Å². The average molecular weight is 394 g/mol. The maximum absolute atomic E-state index is 13.9. The molecule has 150 valence electrons. The highest BCUT2D eigenvalue weighted by Gasteiger charge is 2.28. The molecule has 1 fully saturated rings. The number of rotatable bonds is 4. The smallest absolute Gasteiger partial charge is 0.340 e. The van der Waals surface area contributed by atoms with E-state index in [2.05, 4.69) is 4.90 Å². The first-order chi connectivity index (χ1) is 14.1. The van der Waals surface area contributed by atoms with Crippen molar-refractivity contribution >= 4 is 22.8 Å². The third-order valence-electron chi connectivity index (χ3n) is 5.64. The number of hydrogen-bond acceptors (Lipinski definition) is 4. The molecule has 4 rings (SSSR count). The predicted molar refractivity (Wildman–Crippen MR) is 108 cm³/mol. The molecule has 0 radical (unpaired) electrons. The third-order valence-corrected chi connectivity index (χ3v) is 5.64. The molecule has 1 saturated heterocycles. The van der Waals surface area contributed by atoms with E-state index in [1.165, 1.54) is 13.2 Å². The second-order valence-corrected chi connectivity index (χ2v) is 7.40. The zero-order valence-corrected chi connectivity index (χ0v) is 16.3. The SMILES string of the molecule is COC(=O)c1cn(C(=O)C2CCN(Cc3ccccc3F)CC2)c2ccccc12. The van der Waals surface area contributed by atoms with Gasteiger partial charge in [0.2, 0.25) is 5.91 Å². The summed E-state index contributed by atoms with van der Waals surface area (Å²) in [4.78, 5) is 27.5. The summed E-state index contributed by atoms with van der Waals surface area (Å²) in [5.41, 5.74) is 1.79. The molecule has 2 aromatic carbocycles. The van der Waals surface area contributed by atoms with Crippen LogP contribution in [0.2, 0.25) is 0 Å². The lowest BCUT2D eigenvalue weighted by atomic mass is 9.95. The van der Waals surface area contributed by atoms with Crippen LogP contribution in [0.3, 0.4) is 0 Å². The molecule has 0 aliphatic carbocycles. The number of fused-ring (bicyclic) bond motifs is 1. The number of aromatic nitrogens is 1. The van der Waals surface area contributed by atoms with E-state index in [1.54, 1.807) is 22.9 Å². The quantitative estimate of drug-likeness (QED) is 0.625. The monoisotopic (exact) mass is 394 g/mol. The lowest BCUT2D eigenvalue weighted by Crippen LogP contribution is -2.37. The Labute approximate surface area is 168 Å². The number of ether oxygens (including phenoxy) is 1. The van der Waals surface area contributed by atoms with Crippen molar-refractivity contribution in [2.45, 2.75) is 19.4 Å². The lowest BCUT2D eigenvalue weighted by molar-refractivity contribution is 0.0603. The van der Waals surface area contributed by atoms with E-state index in [1.807, 2.05) is 30.3 Å². The minimum Gasteiger partial charge on any atom is -0.465 e. The van der Waals surface area contributed by atoms with Gasteiger partial charge in [-0.2, -0.15) is 0 Å². The Morgan fingerprint density at radius 2 is 1.76 bits per heavy atom. The van der Waals surface area contributed by atoms with Crippen LogP contribution in [0.1, 0.15) is 33.6 Å². The fourth-order valence-corrected chi connectivity index (χ4v) is 4.04. The van der Waals surface area contributed by atoms with Crippen LogP contribution in [0.25, 0.3) is 10.9 Å². The largest absolute Gasteiger partial charge is 0.465 e. The minimum absolute atomic E-state index is 0.0121. The summed E-state index contributed by atoms with van der Waals surface area (Å²) in [5.74, 6) is -0.789. The van der Waals surface area contributed by atoms with Crippen LogP contribution in [0, 0.1) is 11.7 Å². The zero-order valence-electron chi connectivity index (χ0n) is 16.3. The highest BCUT2D eigenvalue weighted by Crippen LogP contribution is 2.27. The molecule has 6 heteroatoms. The second kappa shape index (κ2) is 8.17. The molecule has 3 aromatic rings. The molecule has 0 atom stereocenters. The van der Waals surface area contributed by atoms with Gasteiger partial charge >= 0.3 is 5.97 Å². The molecule has 0 amide bonds. The van der Waals surface area contributed by atoms with Crippen molar-refractivity contribution in [2.75, 3.05) is 20.2 Å². The van der Waals surface area contributed by atoms with Crippen LogP contribution in [0.4, 0.5) is 4.39 Å². The molecule has 0 saturated carbocycles. The number of carbonyl (C=O) groups is 2. The van der Waals surface area contributed by atoms with Gasteiger partial charge in [0.05, 0.1) is 18.2 Å². The summed E-state index contributed by atoms with van der Waals surface area (Å²) in [5, 5.41) is 0.713. The molecule has 29 heavy (non-hydrogen) atoms. The maximum Gasteiger partial charge on any atom is 0.340 e. The van der Waals surface area contributed by atoms with Crippen molar-refractivity contribution < 1.29 is 18.7 Å². The first kappa shape index (κ1) is 19.3. The number of carbonyl (C=O) groups excluding carboxylic acids is 2. The number of benzene rings is 2. The van der Waals surface area contributed by atoms with E-state index in [4.69, 9.17) is 4.74 Å². The van der Waals surface area contributed by atoms with E-state index < -0.39 is 5.97 Å². The first-order valence-corrected chi connectivity index (χ1v) is 9.77. The topological polar surface area (TPSA) is 51.5 Å². The number of esters is 1. The van der Waals surface area contributed by atoms with Gasteiger partial charge in [-0.1, -0.05) is 36.4 Å². The van der Waals surface area contributed by atoms with E-state index in [-0.39, 0.29) is 17.6 Å². The van der Waals surface area contributed by atoms with E-state index in [9.17, 15) is 14.0 Å². The summed E-state index contributed by atoms with van der Waals surface area (Å²) >= 11 is 0. The Balaban J connectivity index is 1.49. The normalized spacial score (nSPS) is 15.5. The van der Waals surface area contributed by atoms with Crippen LogP contribution < -0.4 is 0 Å². The molecular weight excluding hydrogens is 371 g/mol. The van der Waals surface area contributed by atoms with Gasteiger partial charge in [0, 0.05) is 29.6 Å². The number of hydrogen-bond donors (Lipinski definition) is 0.